The highest BCUT2D eigenvalue weighted by Gasteiger charge is 2.12. The van der Waals surface area contributed by atoms with Crippen molar-refractivity contribution in [1.82, 2.24) is 19.9 Å². The summed E-state index contributed by atoms with van der Waals surface area (Å²) in [6.45, 7) is 2.59. The minimum absolute atomic E-state index is 0.682. The van der Waals surface area contributed by atoms with Crippen LogP contribution < -0.4 is 10.2 Å². The molecule has 6 heteroatoms. The maximum absolute atomic E-state index is 4.49. The van der Waals surface area contributed by atoms with Crippen molar-refractivity contribution in [3.63, 3.8) is 0 Å². The first-order chi connectivity index (χ1) is 10.1. The number of aryl methyl sites for hydroxylation is 1. The number of hydrogen-bond acceptors (Lipinski definition) is 5. The van der Waals surface area contributed by atoms with Gasteiger partial charge in [0.15, 0.2) is 11.5 Å². The van der Waals surface area contributed by atoms with Gasteiger partial charge in [0.2, 0.25) is 5.95 Å². The van der Waals surface area contributed by atoms with Crippen molar-refractivity contribution in [3.8, 4) is 0 Å². The number of nitrogens with zero attached hydrogens (tertiary/aromatic N) is 4. The SMILES string of the molecule is Cc1nc(N(C)C)c2[nH]c(NCc3ccccc3)nc2n1. The van der Waals surface area contributed by atoms with Crippen LogP contribution in [0.15, 0.2) is 30.3 Å². The number of H-pyrrole nitrogens is 1. The normalized spacial score (nSPS) is 10.8. The van der Waals surface area contributed by atoms with Gasteiger partial charge < -0.3 is 15.2 Å². The molecule has 0 saturated carbocycles. The molecule has 2 heterocycles. The van der Waals surface area contributed by atoms with Crippen molar-refractivity contribution in [3.05, 3.63) is 41.7 Å². The van der Waals surface area contributed by atoms with Gasteiger partial charge in [0.25, 0.3) is 0 Å². The molecule has 6 nitrogen and oxygen atoms in total. The molecule has 0 amide bonds. The zero-order valence-corrected chi connectivity index (χ0v) is 12.4. The molecule has 2 N–H and O–H groups in total. The Morgan fingerprint density at radius 2 is 1.86 bits per heavy atom. The van der Waals surface area contributed by atoms with E-state index in [9.17, 15) is 0 Å². The topological polar surface area (TPSA) is 69.7 Å². The summed E-state index contributed by atoms with van der Waals surface area (Å²) in [5.41, 5.74) is 2.73. The Morgan fingerprint density at radius 3 is 2.57 bits per heavy atom. The molecule has 0 atom stereocenters. The molecule has 2 aromatic heterocycles. The van der Waals surface area contributed by atoms with Crippen molar-refractivity contribution in [2.75, 3.05) is 24.3 Å². The molecular weight excluding hydrogens is 264 g/mol. The molecule has 0 saturated heterocycles. The van der Waals surface area contributed by atoms with Crippen LogP contribution in [0.3, 0.4) is 0 Å². The molecule has 1 aromatic carbocycles. The second kappa shape index (κ2) is 5.40. The molecule has 21 heavy (non-hydrogen) atoms. The van der Waals surface area contributed by atoms with Crippen molar-refractivity contribution < 1.29 is 0 Å². The summed E-state index contributed by atoms with van der Waals surface area (Å²) >= 11 is 0. The molecule has 3 aromatic rings. The van der Waals surface area contributed by atoms with E-state index in [0.717, 1.165) is 11.3 Å². The fraction of sp³-hybridized carbons (Fsp3) is 0.267. The smallest absolute Gasteiger partial charge is 0.203 e. The summed E-state index contributed by atoms with van der Waals surface area (Å²) in [5, 5.41) is 3.28. The van der Waals surface area contributed by atoms with Gasteiger partial charge in [-0.2, -0.15) is 4.98 Å². The number of hydrogen-bond donors (Lipinski definition) is 2. The van der Waals surface area contributed by atoms with E-state index < -0.39 is 0 Å². The van der Waals surface area contributed by atoms with Gasteiger partial charge in [-0.25, -0.2) is 9.97 Å². The van der Waals surface area contributed by atoms with Gasteiger partial charge in [-0.1, -0.05) is 30.3 Å². The summed E-state index contributed by atoms with van der Waals surface area (Å²) < 4.78 is 0. The van der Waals surface area contributed by atoms with Crippen LogP contribution in [0.1, 0.15) is 11.4 Å². The predicted molar refractivity (Wildman–Crippen MR) is 84.5 cm³/mol. The molecule has 0 radical (unpaired) electrons. The average molecular weight is 282 g/mol. The highest BCUT2D eigenvalue weighted by Crippen LogP contribution is 2.22. The van der Waals surface area contributed by atoms with Gasteiger partial charge in [-0.3, -0.25) is 0 Å². The summed E-state index contributed by atoms with van der Waals surface area (Å²) in [4.78, 5) is 18.5. The van der Waals surface area contributed by atoms with E-state index in [2.05, 4.69) is 37.4 Å². The number of aromatic amines is 1. The fourth-order valence-corrected chi connectivity index (χ4v) is 2.18. The Labute approximate surface area is 123 Å². The standard InChI is InChI=1S/C15H18N6/c1-10-17-13-12(14(18-10)21(2)3)19-15(20-13)16-9-11-7-5-4-6-8-11/h4-8H,9H2,1-3H3,(H2,16,17,18,19,20). The van der Waals surface area contributed by atoms with Gasteiger partial charge in [0, 0.05) is 20.6 Å². The third kappa shape index (κ3) is 2.79. The Kier molecular flexibility index (Phi) is 3.43. The minimum atomic E-state index is 0.682. The Bertz CT molecular complexity index is 747. The molecule has 0 spiro atoms. The van der Waals surface area contributed by atoms with Gasteiger partial charge in [-0.15, -0.1) is 0 Å². The Hall–Kier alpha value is -2.63. The molecule has 0 bridgehead atoms. The minimum Gasteiger partial charge on any atom is -0.361 e. The zero-order chi connectivity index (χ0) is 14.8. The van der Waals surface area contributed by atoms with E-state index in [-0.39, 0.29) is 0 Å². The quantitative estimate of drug-likeness (QED) is 0.768. The number of fused-ring (bicyclic) bond motifs is 1. The second-order valence-corrected chi connectivity index (χ2v) is 5.11. The lowest BCUT2D eigenvalue weighted by Gasteiger charge is -2.11. The van der Waals surface area contributed by atoms with Crippen LogP contribution in [-0.2, 0) is 6.54 Å². The average Bonchev–Trinajstić information content (AvgIpc) is 2.87. The van der Waals surface area contributed by atoms with Gasteiger partial charge >= 0.3 is 0 Å². The summed E-state index contributed by atoms with van der Waals surface area (Å²) in [6.07, 6.45) is 0. The van der Waals surface area contributed by atoms with E-state index >= 15 is 0 Å². The number of rotatable bonds is 4. The van der Waals surface area contributed by atoms with Crippen LogP contribution in [0.25, 0.3) is 11.2 Å². The van der Waals surface area contributed by atoms with E-state index in [1.54, 1.807) is 0 Å². The molecular formula is C15H18N6. The van der Waals surface area contributed by atoms with Crippen LogP contribution in [0, 0.1) is 6.92 Å². The van der Waals surface area contributed by atoms with Crippen molar-refractivity contribution in [1.29, 1.82) is 0 Å². The molecule has 0 unspecified atom stereocenters. The summed E-state index contributed by atoms with van der Waals surface area (Å²) in [7, 11) is 3.91. The largest absolute Gasteiger partial charge is 0.361 e. The van der Waals surface area contributed by atoms with Gasteiger partial charge in [0.1, 0.15) is 11.3 Å². The van der Waals surface area contributed by atoms with Crippen LogP contribution in [0.5, 0.6) is 0 Å². The molecule has 0 aliphatic carbocycles. The van der Waals surface area contributed by atoms with Crippen molar-refractivity contribution in [2.24, 2.45) is 0 Å². The molecule has 0 aliphatic heterocycles. The van der Waals surface area contributed by atoms with E-state index in [1.165, 1.54) is 5.56 Å². The van der Waals surface area contributed by atoms with Crippen LogP contribution >= 0.6 is 0 Å². The fourth-order valence-electron chi connectivity index (χ4n) is 2.18. The third-order valence-electron chi connectivity index (χ3n) is 3.17. The first-order valence-corrected chi connectivity index (χ1v) is 6.83. The van der Waals surface area contributed by atoms with Crippen molar-refractivity contribution in [2.45, 2.75) is 13.5 Å². The maximum Gasteiger partial charge on any atom is 0.203 e. The number of imidazole rings is 1. The predicted octanol–water partition coefficient (Wildman–Crippen LogP) is 2.34. The van der Waals surface area contributed by atoms with Crippen molar-refractivity contribution >= 4 is 22.9 Å². The van der Waals surface area contributed by atoms with Crippen LogP contribution in [0.2, 0.25) is 0 Å². The van der Waals surface area contributed by atoms with E-state index in [1.807, 2.05) is 44.1 Å². The highest BCUT2D eigenvalue weighted by atomic mass is 15.2. The molecule has 108 valence electrons. The van der Waals surface area contributed by atoms with Crippen LogP contribution in [-0.4, -0.2) is 34.0 Å². The lowest BCUT2D eigenvalue weighted by molar-refractivity contribution is 1.01. The van der Waals surface area contributed by atoms with Gasteiger partial charge in [-0.05, 0) is 12.5 Å². The first-order valence-electron chi connectivity index (χ1n) is 6.83. The van der Waals surface area contributed by atoms with E-state index in [4.69, 9.17) is 0 Å². The van der Waals surface area contributed by atoms with Gasteiger partial charge in [0.05, 0.1) is 0 Å². The monoisotopic (exact) mass is 282 g/mol. The van der Waals surface area contributed by atoms with E-state index in [0.29, 0.717) is 24.0 Å². The zero-order valence-electron chi connectivity index (χ0n) is 12.4. The first kappa shape index (κ1) is 13.4. The summed E-state index contributed by atoms with van der Waals surface area (Å²) in [5.74, 6) is 2.27. The number of aromatic nitrogens is 4. The lowest BCUT2D eigenvalue weighted by Crippen LogP contribution is -2.12. The second-order valence-electron chi connectivity index (χ2n) is 5.11. The Morgan fingerprint density at radius 1 is 1.10 bits per heavy atom. The molecule has 3 rings (SSSR count). The third-order valence-corrected chi connectivity index (χ3v) is 3.17. The number of nitrogens with one attached hydrogen (secondary N) is 2. The maximum atomic E-state index is 4.49. The highest BCUT2D eigenvalue weighted by molar-refractivity contribution is 5.85. The Balaban J connectivity index is 1.89. The van der Waals surface area contributed by atoms with Crippen LogP contribution in [0.4, 0.5) is 11.8 Å². The lowest BCUT2D eigenvalue weighted by atomic mass is 10.2. The molecule has 0 aliphatic rings. The number of benzene rings is 1. The molecule has 0 fully saturated rings. The number of anilines is 2. The summed E-state index contributed by atoms with van der Waals surface area (Å²) in [6, 6.07) is 10.2.